The van der Waals surface area contributed by atoms with E-state index in [0.717, 1.165) is 0 Å². The van der Waals surface area contributed by atoms with Crippen molar-refractivity contribution in [1.29, 1.82) is 0 Å². The van der Waals surface area contributed by atoms with Crippen molar-refractivity contribution in [3.05, 3.63) is 12.3 Å². The van der Waals surface area contributed by atoms with E-state index in [0.29, 0.717) is 0 Å². The van der Waals surface area contributed by atoms with Crippen molar-refractivity contribution in [3.63, 3.8) is 0 Å². The minimum atomic E-state index is -1.63. The summed E-state index contributed by atoms with van der Waals surface area (Å²) in [5.74, 6) is -0.808. The molecule has 10 heteroatoms. The highest BCUT2D eigenvalue weighted by Crippen LogP contribution is 2.61. The molecule has 0 amide bonds. The smallest absolute Gasteiger partial charge is 0.210 e. The molecule has 4 rings (SSSR count). The van der Waals surface area contributed by atoms with E-state index < -0.39 is 72.9 Å². The average Bonchev–Trinajstić information content (AvgIpc) is 3.22. The average molecular weight is 362 g/mol. The van der Waals surface area contributed by atoms with E-state index in [9.17, 15) is 30.6 Å². The van der Waals surface area contributed by atoms with Gasteiger partial charge in [-0.15, -0.1) is 0 Å². The Morgan fingerprint density at radius 2 is 1.80 bits per heavy atom. The summed E-state index contributed by atoms with van der Waals surface area (Å²) >= 11 is 0. The van der Waals surface area contributed by atoms with E-state index in [4.69, 9.17) is 18.9 Å². The number of rotatable bonds is 3. The van der Waals surface area contributed by atoms with Crippen LogP contribution in [0.3, 0.4) is 0 Å². The standard InChI is InChI=1S/C15H22O10/c1-14-9-13(22-3-2-15(9,21)10(20)11(14)25-14)24-12-8(19)7(18)6(17)5(4-16)23-12/h2-3,5-13,16-21H,4H2,1H3/t5-,6-,7+,8-,9+,10+,11-,12+,13?,14+,15+/m1/s1. The van der Waals surface area contributed by atoms with Gasteiger partial charge in [-0.3, -0.25) is 0 Å². The summed E-state index contributed by atoms with van der Waals surface area (Å²) in [4.78, 5) is 0. The molecule has 3 aliphatic heterocycles. The highest BCUT2D eigenvalue weighted by atomic mass is 16.8. The predicted octanol–water partition coefficient (Wildman–Crippen LogP) is -3.45. The van der Waals surface area contributed by atoms with Crippen LogP contribution in [0.1, 0.15) is 6.92 Å². The van der Waals surface area contributed by atoms with Crippen LogP contribution in [-0.2, 0) is 18.9 Å². The van der Waals surface area contributed by atoms with Gasteiger partial charge in [0.1, 0.15) is 47.8 Å². The molecular weight excluding hydrogens is 340 g/mol. The van der Waals surface area contributed by atoms with E-state index in [1.807, 2.05) is 0 Å². The van der Waals surface area contributed by atoms with Gasteiger partial charge in [-0.25, -0.2) is 0 Å². The van der Waals surface area contributed by atoms with Crippen LogP contribution in [0.5, 0.6) is 0 Å². The molecule has 0 aromatic heterocycles. The third-order valence-electron chi connectivity index (χ3n) is 5.70. The minimum Gasteiger partial charge on any atom is -0.472 e. The summed E-state index contributed by atoms with van der Waals surface area (Å²) in [7, 11) is 0. The fourth-order valence-corrected chi connectivity index (χ4v) is 4.17. The zero-order chi connectivity index (χ0) is 18.1. The second-order valence-corrected chi connectivity index (χ2v) is 7.17. The normalized spacial score (nSPS) is 59.9. The van der Waals surface area contributed by atoms with E-state index >= 15 is 0 Å². The van der Waals surface area contributed by atoms with Crippen molar-refractivity contribution in [2.75, 3.05) is 6.61 Å². The molecule has 3 fully saturated rings. The Labute approximate surface area is 142 Å². The molecule has 25 heavy (non-hydrogen) atoms. The van der Waals surface area contributed by atoms with Crippen molar-refractivity contribution in [1.82, 2.24) is 0 Å². The summed E-state index contributed by atoms with van der Waals surface area (Å²) in [5, 5.41) is 60.0. The summed E-state index contributed by atoms with van der Waals surface area (Å²) in [6, 6.07) is 0. The van der Waals surface area contributed by atoms with Crippen molar-refractivity contribution in [2.24, 2.45) is 5.92 Å². The van der Waals surface area contributed by atoms with Gasteiger partial charge in [0, 0.05) is 0 Å². The Kier molecular flexibility index (Phi) is 3.93. The maximum atomic E-state index is 10.8. The molecule has 0 spiro atoms. The second-order valence-electron chi connectivity index (χ2n) is 7.17. The van der Waals surface area contributed by atoms with Crippen molar-refractivity contribution < 1.29 is 49.6 Å². The summed E-state index contributed by atoms with van der Waals surface area (Å²) in [6.45, 7) is 1.11. The van der Waals surface area contributed by atoms with Gasteiger partial charge >= 0.3 is 0 Å². The third-order valence-corrected chi connectivity index (χ3v) is 5.70. The Hall–Kier alpha value is -0.820. The molecule has 6 N–H and O–H groups in total. The maximum absolute atomic E-state index is 10.8. The van der Waals surface area contributed by atoms with Crippen LogP contribution in [0.25, 0.3) is 0 Å². The van der Waals surface area contributed by atoms with Gasteiger partial charge in [0.2, 0.25) is 6.29 Å². The van der Waals surface area contributed by atoms with Crippen LogP contribution < -0.4 is 0 Å². The third kappa shape index (κ3) is 2.30. The molecule has 1 unspecified atom stereocenters. The van der Waals surface area contributed by atoms with E-state index in [1.54, 1.807) is 6.92 Å². The quantitative estimate of drug-likeness (QED) is 0.278. The molecule has 1 saturated carbocycles. The largest absolute Gasteiger partial charge is 0.472 e. The van der Waals surface area contributed by atoms with Gasteiger partial charge in [0.05, 0.1) is 18.8 Å². The Bertz CT molecular complexity index is 569. The second kappa shape index (κ2) is 5.59. The lowest BCUT2D eigenvalue weighted by Crippen LogP contribution is -2.61. The lowest BCUT2D eigenvalue weighted by molar-refractivity contribution is -0.349. The SMILES string of the molecule is C[C@@]12O[C@@H]1[C@H](O)[C@]1(O)C=COC(O[C@@H]3O[C@H](CO)[C@@H](O)[C@H](O)[C@H]3O)[C@H]12. The first-order valence-corrected chi connectivity index (χ1v) is 8.11. The van der Waals surface area contributed by atoms with Gasteiger partial charge in [0.25, 0.3) is 0 Å². The molecule has 0 bridgehead atoms. The molecule has 4 aliphatic rings. The molecular formula is C15H22O10. The summed E-state index contributed by atoms with van der Waals surface area (Å²) in [6.07, 6.45) is -7.63. The van der Waals surface area contributed by atoms with Crippen LogP contribution in [0.15, 0.2) is 12.3 Å². The first-order chi connectivity index (χ1) is 11.7. The van der Waals surface area contributed by atoms with Crippen molar-refractivity contribution in [2.45, 2.75) is 67.3 Å². The molecule has 11 atom stereocenters. The fraction of sp³-hybridized carbons (Fsp3) is 0.867. The van der Waals surface area contributed by atoms with E-state index in [1.165, 1.54) is 12.3 Å². The summed E-state index contributed by atoms with van der Waals surface area (Å²) < 4.78 is 21.8. The fourth-order valence-electron chi connectivity index (χ4n) is 4.17. The van der Waals surface area contributed by atoms with Crippen molar-refractivity contribution >= 4 is 0 Å². The Morgan fingerprint density at radius 1 is 1.08 bits per heavy atom. The van der Waals surface area contributed by atoms with Crippen molar-refractivity contribution in [3.8, 4) is 0 Å². The van der Waals surface area contributed by atoms with Gasteiger partial charge in [-0.2, -0.15) is 0 Å². The molecule has 0 radical (unpaired) electrons. The molecule has 1 aliphatic carbocycles. The number of hydrogen-bond acceptors (Lipinski definition) is 10. The Morgan fingerprint density at radius 3 is 2.48 bits per heavy atom. The molecule has 0 aromatic carbocycles. The lowest BCUT2D eigenvalue weighted by Gasteiger charge is -2.45. The van der Waals surface area contributed by atoms with Gasteiger partial charge in [0.15, 0.2) is 6.29 Å². The van der Waals surface area contributed by atoms with Crippen LogP contribution in [0, 0.1) is 5.92 Å². The maximum Gasteiger partial charge on any atom is 0.210 e. The minimum absolute atomic E-state index is 0.574. The number of aliphatic hydroxyl groups excluding tert-OH is 5. The zero-order valence-corrected chi connectivity index (χ0v) is 13.4. The van der Waals surface area contributed by atoms with Gasteiger partial charge in [-0.05, 0) is 13.0 Å². The molecule has 3 heterocycles. The van der Waals surface area contributed by atoms with E-state index in [-0.39, 0.29) is 0 Å². The number of hydrogen-bond donors (Lipinski definition) is 6. The number of ether oxygens (including phenoxy) is 4. The summed E-state index contributed by atoms with van der Waals surface area (Å²) in [5.41, 5.74) is -2.51. The van der Waals surface area contributed by atoms with E-state index in [2.05, 4.69) is 0 Å². The predicted molar refractivity (Wildman–Crippen MR) is 76.6 cm³/mol. The molecule has 0 aromatic rings. The zero-order valence-electron chi connectivity index (χ0n) is 13.4. The number of aliphatic hydroxyl groups is 6. The first-order valence-electron chi connectivity index (χ1n) is 8.11. The lowest BCUT2D eigenvalue weighted by atomic mass is 9.82. The highest BCUT2D eigenvalue weighted by molar-refractivity contribution is 5.31. The monoisotopic (exact) mass is 362 g/mol. The van der Waals surface area contributed by atoms with Gasteiger partial charge in [-0.1, -0.05) is 0 Å². The highest BCUT2D eigenvalue weighted by Gasteiger charge is 2.79. The Balaban J connectivity index is 1.56. The first kappa shape index (κ1) is 17.6. The number of fused-ring (bicyclic) bond motifs is 3. The molecule has 142 valence electrons. The van der Waals surface area contributed by atoms with Crippen LogP contribution in [0.2, 0.25) is 0 Å². The van der Waals surface area contributed by atoms with Crippen LogP contribution in [-0.4, -0.2) is 97.7 Å². The number of epoxide rings is 1. The topological polar surface area (TPSA) is 162 Å². The van der Waals surface area contributed by atoms with Gasteiger partial charge < -0.3 is 49.6 Å². The van der Waals surface area contributed by atoms with Crippen LogP contribution in [0.4, 0.5) is 0 Å². The molecule has 2 saturated heterocycles. The molecule has 10 nitrogen and oxygen atoms in total. The van der Waals surface area contributed by atoms with Crippen LogP contribution >= 0.6 is 0 Å².